The number of nitrogens with two attached hydrogens (primary N) is 1. The van der Waals surface area contributed by atoms with Gasteiger partial charge < -0.3 is 15.6 Å². The standard InChI is InChI=1S/C12H9NO4S/c13-11(14)7-1-3-8(4-2-7)17-9-5-10(12(15)16)18-6-9/h1-6H,(H2,13,14)(H,15,16). The molecule has 0 spiro atoms. The maximum Gasteiger partial charge on any atom is 0.346 e. The van der Waals surface area contributed by atoms with E-state index >= 15 is 0 Å². The van der Waals surface area contributed by atoms with Crippen LogP contribution in [0.3, 0.4) is 0 Å². The summed E-state index contributed by atoms with van der Waals surface area (Å²) in [6.45, 7) is 0. The van der Waals surface area contributed by atoms with Gasteiger partial charge in [-0.3, -0.25) is 4.79 Å². The Labute approximate surface area is 106 Å². The van der Waals surface area contributed by atoms with E-state index < -0.39 is 11.9 Å². The zero-order valence-electron chi connectivity index (χ0n) is 9.12. The minimum Gasteiger partial charge on any atom is -0.477 e. The molecule has 0 aliphatic heterocycles. The molecule has 0 saturated carbocycles. The van der Waals surface area contributed by atoms with Crippen molar-refractivity contribution in [2.45, 2.75) is 0 Å². The lowest BCUT2D eigenvalue weighted by molar-refractivity contribution is 0.0701. The van der Waals surface area contributed by atoms with Crippen molar-refractivity contribution in [1.29, 1.82) is 0 Å². The van der Waals surface area contributed by atoms with Crippen LogP contribution in [0.25, 0.3) is 0 Å². The Kier molecular flexibility index (Phi) is 3.29. The van der Waals surface area contributed by atoms with Crippen LogP contribution in [0.4, 0.5) is 0 Å². The molecule has 92 valence electrons. The highest BCUT2D eigenvalue weighted by atomic mass is 32.1. The molecule has 18 heavy (non-hydrogen) atoms. The minimum absolute atomic E-state index is 0.207. The second-order valence-electron chi connectivity index (χ2n) is 3.44. The van der Waals surface area contributed by atoms with E-state index in [1.807, 2.05) is 0 Å². The van der Waals surface area contributed by atoms with Gasteiger partial charge in [-0.25, -0.2) is 4.79 Å². The van der Waals surface area contributed by atoms with Gasteiger partial charge in [-0.1, -0.05) is 0 Å². The molecular formula is C12H9NO4S. The maximum absolute atomic E-state index is 10.9. The van der Waals surface area contributed by atoms with Crippen molar-refractivity contribution in [3.63, 3.8) is 0 Å². The van der Waals surface area contributed by atoms with Gasteiger partial charge in [0.15, 0.2) is 0 Å². The van der Waals surface area contributed by atoms with Crippen molar-refractivity contribution < 1.29 is 19.4 Å². The molecule has 3 N–H and O–H groups in total. The van der Waals surface area contributed by atoms with Gasteiger partial charge in [0.2, 0.25) is 5.91 Å². The fourth-order valence-corrected chi connectivity index (χ4v) is 1.95. The van der Waals surface area contributed by atoms with Crippen LogP contribution >= 0.6 is 11.3 Å². The molecule has 0 radical (unpaired) electrons. The molecule has 0 aliphatic rings. The Morgan fingerprint density at radius 1 is 1.17 bits per heavy atom. The Hall–Kier alpha value is -2.34. The third kappa shape index (κ3) is 2.67. The van der Waals surface area contributed by atoms with E-state index in [2.05, 4.69) is 0 Å². The van der Waals surface area contributed by atoms with Gasteiger partial charge in [0.1, 0.15) is 16.4 Å². The first-order valence-electron chi connectivity index (χ1n) is 4.96. The van der Waals surface area contributed by atoms with Gasteiger partial charge in [0.05, 0.1) is 0 Å². The largest absolute Gasteiger partial charge is 0.477 e. The number of carboxylic acid groups (broad SMARTS) is 1. The van der Waals surface area contributed by atoms with Crippen LogP contribution < -0.4 is 10.5 Å². The van der Waals surface area contributed by atoms with Gasteiger partial charge in [0.25, 0.3) is 0 Å². The first-order chi connectivity index (χ1) is 8.56. The zero-order chi connectivity index (χ0) is 13.1. The van der Waals surface area contributed by atoms with Crippen molar-refractivity contribution in [3.8, 4) is 11.5 Å². The topological polar surface area (TPSA) is 89.6 Å². The average molecular weight is 263 g/mol. The van der Waals surface area contributed by atoms with Crippen LogP contribution in [0, 0.1) is 0 Å². The van der Waals surface area contributed by atoms with Crippen molar-refractivity contribution in [2.75, 3.05) is 0 Å². The molecule has 0 unspecified atom stereocenters. The highest BCUT2D eigenvalue weighted by Gasteiger charge is 2.08. The Bertz CT molecular complexity index is 588. The van der Waals surface area contributed by atoms with E-state index in [9.17, 15) is 9.59 Å². The lowest BCUT2D eigenvalue weighted by Gasteiger charge is -2.03. The third-order valence-electron chi connectivity index (χ3n) is 2.16. The molecule has 0 bridgehead atoms. The van der Waals surface area contributed by atoms with Crippen molar-refractivity contribution in [2.24, 2.45) is 5.73 Å². The molecule has 1 heterocycles. The highest BCUT2D eigenvalue weighted by Crippen LogP contribution is 2.27. The number of primary amides is 1. The van der Waals surface area contributed by atoms with Crippen molar-refractivity contribution in [1.82, 2.24) is 0 Å². The lowest BCUT2D eigenvalue weighted by atomic mass is 10.2. The molecule has 1 aromatic carbocycles. The Morgan fingerprint density at radius 3 is 2.33 bits per heavy atom. The molecule has 2 aromatic rings. The fourth-order valence-electron chi connectivity index (χ4n) is 1.31. The fraction of sp³-hybridized carbons (Fsp3) is 0. The number of aromatic carboxylic acids is 1. The van der Waals surface area contributed by atoms with Crippen LogP contribution in [0.1, 0.15) is 20.0 Å². The van der Waals surface area contributed by atoms with Crippen LogP contribution in [-0.2, 0) is 0 Å². The number of benzene rings is 1. The van der Waals surface area contributed by atoms with E-state index in [1.54, 1.807) is 29.6 Å². The van der Waals surface area contributed by atoms with Gasteiger partial charge in [-0.2, -0.15) is 0 Å². The Morgan fingerprint density at radius 2 is 1.83 bits per heavy atom. The summed E-state index contributed by atoms with van der Waals surface area (Å²) in [4.78, 5) is 21.8. The Balaban J connectivity index is 2.13. The molecule has 0 aliphatic carbocycles. The van der Waals surface area contributed by atoms with Gasteiger partial charge in [0, 0.05) is 17.0 Å². The normalized spacial score (nSPS) is 10.0. The van der Waals surface area contributed by atoms with Crippen molar-refractivity contribution >= 4 is 23.2 Å². The molecule has 1 aromatic heterocycles. The molecule has 0 fully saturated rings. The maximum atomic E-state index is 10.9. The summed E-state index contributed by atoms with van der Waals surface area (Å²) in [6.07, 6.45) is 0. The summed E-state index contributed by atoms with van der Waals surface area (Å²) in [7, 11) is 0. The number of carbonyl (C=O) groups excluding carboxylic acids is 1. The molecule has 0 saturated heterocycles. The molecule has 2 rings (SSSR count). The van der Waals surface area contributed by atoms with E-state index in [0.29, 0.717) is 17.1 Å². The molecule has 0 atom stereocenters. The summed E-state index contributed by atoms with van der Waals surface area (Å²) >= 11 is 1.09. The quantitative estimate of drug-likeness (QED) is 0.885. The minimum atomic E-state index is -0.987. The second-order valence-corrected chi connectivity index (χ2v) is 4.35. The average Bonchev–Trinajstić information content (AvgIpc) is 2.78. The number of hydrogen-bond acceptors (Lipinski definition) is 4. The van der Waals surface area contributed by atoms with E-state index in [-0.39, 0.29) is 4.88 Å². The molecular weight excluding hydrogens is 254 g/mol. The number of thiophene rings is 1. The summed E-state index contributed by atoms with van der Waals surface area (Å²) in [5, 5.41) is 10.4. The number of rotatable bonds is 4. The van der Waals surface area contributed by atoms with Crippen molar-refractivity contribution in [3.05, 3.63) is 46.2 Å². The van der Waals surface area contributed by atoms with Crippen LogP contribution in [0.2, 0.25) is 0 Å². The van der Waals surface area contributed by atoms with Gasteiger partial charge >= 0.3 is 5.97 Å². The van der Waals surface area contributed by atoms with Gasteiger partial charge in [-0.05, 0) is 24.3 Å². The summed E-state index contributed by atoms with van der Waals surface area (Å²) in [6, 6.07) is 7.72. The third-order valence-corrected chi connectivity index (χ3v) is 3.06. The molecule has 1 amide bonds. The summed E-state index contributed by atoms with van der Waals surface area (Å²) in [5.74, 6) is -0.539. The predicted molar refractivity (Wildman–Crippen MR) is 66.3 cm³/mol. The van der Waals surface area contributed by atoms with E-state index in [4.69, 9.17) is 15.6 Å². The highest BCUT2D eigenvalue weighted by molar-refractivity contribution is 7.12. The predicted octanol–water partition coefficient (Wildman–Crippen LogP) is 2.34. The number of amides is 1. The van der Waals surface area contributed by atoms with E-state index in [0.717, 1.165) is 11.3 Å². The smallest absolute Gasteiger partial charge is 0.346 e. The monoisotopic (exact) mass is 263 g/mol. The zero-order valence-corrected chi connectivity index (χ0v) is 9.94. The first-order valence-corrected chi connectivity index (χ1v) is 5.84. The molecule has 5 nitrogen and oxygen atoms in total. The number of carbonyl (C=O) groups is 2. The van der Waals surface area contributed by atoms with Gasteiger partial charge in [-0.15, -0.1) is 11.3 Å². The number of hydrogen-bond donors (Lipinski definition) is 2. The van der Waals surface area contributed by atoms with Crippen LogP contribution in [0.5, 0.6) is 11.5 Å². The molecule has 6 heteroatoms. The summed E-state index contributed by atoms with van der Waals surface area (Å²) < 4.78 is 5.44. The van der Waals surface area contributed by atoms with E-state index in [1.165, 1.54) is 6.07 Å². The first kappa shape index (κ1) is 12.1. The number of carboxylic acids is 1. The van der Waals surface area contributed by atoms with Crippen LogP contribution in [-0.4, -0.2) is 17.0 Å². The second kappa shape index (κ2) is 4.89. The summed E-state index contributed by atoms with van der Waals surface area (Å²) in [5.41, 5.74) is 5.50. The van der Waals surface area contributed by atoms with Crippen LogP contribution in [0.15, 0.2) is 35.7 Å². The number of ether oxygens (including phenoxy) is 1. The lowest BCUT2D eigenvalue weighted by Crippen LogP contribution is -2.10. The SMILES string of the molecule is NC(=O)c1ccc(Oc2csc(C(=O)O)c2)cc1.